The summed E-state index contributed by atoms with van der Waals surface area (Å²) < 4.78 is 33.6. The molecule has 1 saturated heterocycles. The lowest BCUT2D eigenvalue weighted by molar-refractivity contribution is -0.0123. The van der Waals surface area contributed by atoms with Crippen LogP contribution in [0.1, 0.15) is 12.5 Å². The van der Waals surface area contributed by atoms with Crippen molar-refractivity contribution in [2.45, 2.75) is 12.5 Å². The van der Waals surface area contributed by atoms with E-state index in [1.165, 1.54) is 6.07 Å². The number of nitrogens with zero attached hydrogens (tertiary/aromatic N) is 4. The molecule has 1 atom stereocenters. The molecule has 2 heterocycles. The number of hydrogen-bond donors (Lipinski definition) is 1. The summed E-state index contributed by atoms with van der Waals surface area (Å²) in [6.45, 7) is 2.47. The fourth-order valence-corrected chi connectivity index (χ4v) is 3.06. The van der Waals surface area contributed by atoms with Gasteiger partial charge in [0.15, 0.2) is 5.82 Å². The topological polar surface area (TPSA) is 82.3 Å². The minimum Gasteiger partial charge on any atom is -0.386 e. The normalized spacial score (nSPS) is 21.6. The fraction of sp³-hybridized carbons (Fsp3) is 0.400. The predicted octanol–water partition coefficient (Wildman–Crippen LogP) is 2.13. The molecule has 3 rings (SSSR count). The van der Waals surface area contributed by atoms with Crippen LogP contribution in [0.5, 0.6) is 0 Å². The summed E-state index contributed by atoms with van der Waals surface area (Å²) in [7, 11) is 0. The number of ether oxygens (including phenoxy) is 1. The number of halogens is 3. The molecular weight excluding hydrogens is 386 g/mol. The van der Waals surface area contributed by atoms with Crippen molar-refractivity contribution in [2.24, 2.45) is 0 Å². The van der Waals surface area contributed by atoms with Crippen LogP contribution < -0.4 is 4.90 Å². The third kappa shape index (κ3) is 3.05. The van der Waals surface area contributed by atoms with E-state index in [1.54, 1.807) is 11.8 Å². The predicted molar refractivity (Wildman–Crippen MR) is 85.5 cm³/mol. The molecule has 0 amide bonds. The molecule has 0 bridgehead atoms. The summed E-state index contributed by atoms with van der Waals surface area (Å²) in [5, 5.41) is 19.6. The van der Waals surface area contributed by atoms with Crippen molar-refractivity contribution in [3.05, 3.63) is 28.0 Å². The SMILES string of the molecule is C[C@@]1(O)COCCN(c2nc(F)nc3c(F)c(Br)c(C#N)cc23)C1. The number of benzene rings is 1. The molecular formula is C15H13BrF2N4O2. The lowest BCUT2D eigenvalue weighted by Gasteiger charge is -2.28. The van der Waals surface area contributed by atoms with E-state index >= 15 is 0 Å². The molecule has 0 aliphatic carbocycles. The van der Waals surface area contributed by atoms with Crippen molar-refractivity contribution in [1.82, 2.24) is 9.97 Å². The Bertz CT molecular complexity index is 854. The molecule has 1 aliphatic rings. The molecule has 6 nitrogen and oxygen atoms in total. The monoisotopic (exact) mass is 398 g/mol. The first kappa shape index (κ1) is 17.0. The van der Waals surface area contributed by atoms with Crippen LogP contribution in [0.2, 0.25) is 0 Å². The standard InChI is InChI=1S/C15H13BrF2N4O2/c1-15(23)6-22(2-3-24-7-15)13-9-4-8(5-19)10(16)11(17)12(9)20-14(18)21-13/h4,23H,2-3,6-7H2,1H3/t15-/m0/s1. The molecule has 2 aromatic rings. The fourth-order valence-electron chi connectivity index (χ4n) is 2.67. The molecule has 0 saturated carbocycles. The first-order valence-corrected chi connectivity index (χ1v) is 7.92. The van der Waals surface area contributed by atoms with E-state index in [2.05, 4.69) is 25.9 Å². The van der Waals surface area contributed by atoms with Crippen molar-refractivity contribution in [3.63, 3.8) is 0 Å². The summed E-state index contributed by atoms with van der Waals surface area (Å²) in [6, 6.07) is 3.27. The quantitative estimate of drug-likeness (QED) is 0.740. The summed E-state index contributed by atoms with van der Waals surface area (Å²) in [6.07, 6.45) is -1.09. The van der Waals surface area contributed by atoms with Gasteiger partial charge in [0, 0.05) is 11.9 Å². The lowest BCUT2D eigenvalue weighted by Crippen LogP contribution is -2.42. The minimum absolute atomic E-state index is 0.0503. The molecule has 1 N–H and O–H groups in total. The third-order valence-electron chi connectivity index (χ3n) is 3.69. The van der Waals surface area contributed by atoms with Crippen LogP contribution in [-0.2, 0) is 4.74 Å². The molecule has 1 aliphatic heterocycles. The first-order chi connectivity index (χ1) is 11.3. The molecule has 1 aromatic heterocycles. The molecule has 1 fully saturated rings. The van der Waals surface area contributed by atoms with Crippen LogP contribution in [0, 0.1) is 23.2 Å². The van der Waals surface area contributed by atoms with Gasteiger partial charge in [0.05, 0.1) is 29.8 Å². The van der Waals surface area contributed by atoms with Gasteiger partial charge in [0.25, 0.3) is 0 Å². The second kappa shape index (κ2) is 6.20. The van der Waals surface area contributed by atoms with Gasteiger partial charge in [0.1, 0.15) is 23.0 Å². The Hall–Kier alpha value is -1.89. The Morgan fingerprint density at radius 3 is 2.92 bits per heavy atom. The molecule has 126 valence electrons. The lowest BCUT2D eigenvalue weighted by atomic mass is 10.1. The van der Waals surface area contributed by atoms with Gasteiger partial charge in [-0.3, -0.25) is 0 Å². The zero-order chi connectivity index (χ0) is 17.5. The Morgan fingerprint density at radius 1 is 1.46 bits per heavy atom. The second-order valence-corrected chi connectivity index (χ2v) is 6.64. The Labute approximate surface area is 144 Å². The number of hydrogen-bond acceptors (Lipinski definition) is 6. The smallest absolute Gasteiger partial charge is 0.311 e. The number of rotatable bonds is 1. The minimum atomic E-state index is -1.17. The van der Waals surface area contributed by atoms with Crippen molar-refractivity contribution < 1.29 is 18.6 Å². The number of aliphatic hydroxyl groups is 1. The highest BCUT2D eigenvalue weighted by atomic mass is 79.9. The molecule has 1 aromatic carbocycles. The van der Waals surface area contributed by atoms with Crippen LogP contribution >= 0.6 is 15.9 Å². The van der Waals surface area contributed by atoms with Crippen molar-refractivity contribution in [3.8, 4) is 6.07 Å². The van der Waals surface area contributed by atoms with Crippen molar-refractivity contribution >= 4 is 32.7 Å². The third-order valence-corrected chi connectivity index (χ3v) is 4.47. The summed E-state index contributed by atoms with van der Waals surface area (Å²) in [4.78, 5) is 8.89. The number of β-amino-alcohol motifs (C(OH)–C–C–N with tert-alkyl or cyclic N) is 1. The van der Waals surface area contributed by atoms with Crippen molar-refractivity contribution in [2.75, 3.05) is 31.2 Å². The van der Waals surface area contributed by atoms with E-state index in [1.807, 2.05) is 6.07 Å². The van der Waals surface area contributed by atoms with E-state index in [0.29, 0.717) is 13.2 Å². The Kier molecular flexibility index (Phi) is 4.38. The van der Waals surface area contributed by atoms with Crippen LogP contribution in [0.3, 0.4) is 0 Å². The maximum atomic E-state index is 14.5. The van der Waals surface area contributed by atoms with E-state index in [9.17, 15) is 13.9 Å². The van der Waals surface area contributed by atoms with E-state index in [-0.39, 0.29) is 39.9 Å². The highest BCUT2D eigenvalue weighted by Gasteiger charge is 2.30. The molecule has 0 unspecified atom stereocenters. The average Bonchev–Trinajstić information content (AvgIpc) is 2.71. The zero-order valence-electron chi connectivity index (χ0n) is 12.7. The summed E-state index contributed by atoms with van der Waals surface area (Å²) >= 11 is 2.98. The average molecular weight is 399 g/mol. The van der Waals surface area contributed by atoms with Crippen LogP contribution in [-0.4, -0.2) is 47.0 Å². The van der Waals surface area contributed by atoms with Gasteiger partial charge in [-0.05, 0) is 28.9 Å². The van der Waals surface area contributed by atoms with Gasteiger partial charge in [0.2, 0.25) is 0 Å². The van der Waals surface area contributed by atoms with E-state index in [4.69, 9.17) is 10.00 Å². The van der Waals surface area contributed by atoms with Gasteiger partial charge >= 0.3 is 6.08 Å². The highest BCUT2D eigenvalue weighted by molar-refractivity contribution is 9.10. The molecule has 0 spiro atoms. The second-order valence-electron chi connectivity index (χ2n) is 5.85. The van der Waals surface area contributed by atoms with Gasteiger partial charge < -0.3 is 14.7 Å². The number of fused-ring (bicyclic) bond motifs is 1. The maximum absolute atomic E-state index is 14.5. The zero-order valence-corrected chi connectivity index (χ0v) is 14.3. The molecule has 0 radical (unpaired) electrons. The highest BCUT2D eigenvalue weighted by Crippen LogP contribution is 2.33. The number of nitriles is 1. The summed E-state index contributed by atoms with van der Waals surface area (Å²) in [5.41, 5.74) is -1.35. The van der Waals surface area contributed by atoms with Gasteiger partial charge in [-0.25, -0.2) is 4.39 Å². The number of aromatic nitrogens is 2. The van der Waals surface area contributed by atoms with Gasteiger partial charge in [-0.15, -0.1) is 0 Å². The maximum Gasteiger partial charge on any atom is 0.311 e. The molecule has 9 heteroatoms. The van der Waals surface area contributed by atoms with Crippen LogP contribution in [0.4, 0.5) is 14.6 Å². The van der Waals surface area contributed by atoms with Crippen molar-refractivity contribution in [1.29, 1.82) is 5.26 Å². The van der Waals surface area contributed by atoms with E-state index in [0.717, 1.165) is 0 Å². The van der Waals surface area contributed by atoms with Crippen LogP contribution in [0.15, 0.2) is 10.5 Å². The summed E-state index contributed by atoms with van der Waals surface area (Å²) in [5.74, 6) is -0.712. The van der Waals surface area contributed by atoms with E-state index < -0.39 is 17.5 Å². The molecule has 24 heavy (non-hydrogen) atoms. The van der Waals surface area contributed by atoms with Crippen LogP contribution in [0.25, 0.3) is 10.9 Å². The van der Waals surface area contributed by atoms with Gasteiger partial charge in [-0.1, -0.05) is 0 Å². The Morgan fingerprint density at radius 2 is 2.21 bits per heavy atom. The first-order valence-electron chi connectivity index (χ1n) is 7.13. The number of anilines is 1. The van der Waals surface area contributed by atoms with Gasteiger partial charge in [-0.2, -0.15) is 19.6 Å². The Balaban J connectivity index is 2.24. The largest absolute Gasteiger partial charge is 0.386 e.